The fraction of sp³-hybridized carbons (Fsp3) is 0.389. The van der Waals surface area contributed by atoms with Gasteiger partial charge in [0.15, 0.2) is 0 Å². The van der Waals surface area contributed by atoms with Crippen LogP contribution in [-0.4, -0.2) is 30.5 Å². The van der Waals surface area contributed by atoms with Gasteiger partial charge in [-0.1, -0.05) is 18.2 Å². The molecule has 8 heteroatoms. The smallest absolute Gasteiger partial charge is 0.275 e. The van der Waals surface area contributed by atoms with E-state index in [9.17, 15) is 9.59 Å². The molecule has 0 unspecified atom stereocenters. The van der Waals surface area contributed by atoms with Crippen molar-refractivity contribution in [2.45, 2.75) is 32.4 Å². The van der Waals surface area contributed by atoms with Crippen LogP contribution >= 0.6 is 0 Å². The molecule has 8 nitrogen and oxygen atoms in total. The Labute approximate surface area is 149 Å². The second-order valence-electron chi connectivity index (χ2n) is 6.72. The molecule has 2 heterocycles. The number of amides is 1. The molecular weight excluding hydrogens is 332 g/mol. The predicted octanol–water partition coefficient (Wildman–Crippen LogP) is 1.10. The average molecular weight is 352 g/mol. The molecule has 2 aromatic heterocycles. The first-order valence-electron chi connectivity index (χ1n) is 8.64. The maximum Gasteiger partial charge on any atom is 0.275 e. The van der Waals surface area contributed by atoms with Gasteiger partial charge in [-0.25, -0.2) is 9.67 Å². The molecule has 1 aromatic carbocycles. The van der Waals surface area contributed by atoms with E-state index in [-0.39, 0.29) is 24.1 Å². The molecule has 134 valence electrons. The van der Waals surface area contributed by atoms with Crippen molar-refractivity contribution >= 4 is 16.7 Å². The molecule has 0 spiro atoms. The third-order valence-electron chi connectivity index (χ3n) is 4.78. The van der Waals surface area contributed by atoms with Crippen LogP contribution in [0.3, 0.4) is 0 Å². The van der Waals surface area contributed by atoms with Crippen molar-refractivity contribution in [3.63, 3.8) is 0 Å². The Morgan fingerprint density at radius 2 is 2.04 bits per heavy atom. The lowest BCUT2D eigenvalue weighted by Gasteiger charge is -2.17. The molecule has 1 aliphatic rings. The first-order chi connectivity index (χ1) is 12.5. The van der Waals surface area contributed by atoms with Crippen LogP contribution in [0.4, 0.5) is 0 Å². The molecule has 3 aromatic rings. The SMILES string of the molecule is Cc1nn(CC(=O)N[C@@H](c2ncnn2C)C2CC2)c(=O)c2ccccc12. The summed E-state index contributed by atoms with van der Waals surface area (Å²) in [5, 5.41) is 12.8. The lowest BCUT2D eigenvalue weighted by atomic mass is 10.1. The van der Waals surface area contributed by atoms with E-state index in [4.69, 9.17) is 0 Å². The Morgan fingerprint density at radius 3 is 2.69 bits per heavy atom. The fourth-order valence-corrected chi connectivity index (χ4v) is 3.28. The highest BCUT2D eigenvalue weighted by Crippen LogP contribution is 2.40. The molecule has 1 saturated carbocycles. The van der Waals surface area contributed by atoms with Gasteiger partial charge in [0.05, 0.1) is 17.1 Å². The molecule has 0 saturated heterocycles. The fourth-order valence-electron chi connectivity index (χ4n) is 3.28. The largest absolute Gasteiger partial charge is 0.344 e. The van der Waals surface area contributed by atoms with E-state index < -0.39 is 0 Å². The van der Waals surface area contributed by atoms with Crippen LogP contribution in [0.25, 0.3) is 10.8 Å². The van der Waals surface area contributed by atoms with E-state index in [1.807, 2.05) is 32.2 Å². The highest BCUT2D eigenvalue weighted by molar-refractivity contribution is 5.83. The van der Waals surface area contributed by atoms with E-state index in [0.717, 1.165) is 29.7 Å². The molecule has 1 amide bonds. The van der Waals surface area contributed by atoms with Crippen molar-refractivity contribution in [1.29, 1.82) is 0 Å². The Morgan fingerprint density at radius 1 is 1.31 bits per heavy atom. The topological polar surface area (TPSA) is 94.7 Å². The molecule has 1 atom stereocenters. The number of benzene rings is 1. The second kappa shape index (κ2) is 6.36. The molecule has 1 N–H and O–H groups in total. The lowest BCUT2D eigenvalue weighted by molar-refractivity contribution is -0.122. The van der Waals surface area contributed by atoms with Gasteiger partial charge in [0.2, 0.25) is 5.91 Å². The van der Waals surface area contributed by atoms with Gasteiger partial charge in [0.1, 0.15) is 18.7 Å². The minimum Gasteiger partial charge on any atom is -0.344 e. The number of carbonyl (C=O) groups excluding carboxylic acids is 1. The van der Waals surface area contributed by atoms with Crippen LogP contribution in [0.1, 0.15) is 30.4 Å². The third kappa shape index (κ3) is 2.98. The quantitative estimate of drug-likeness (QED) is 0.742. The van der Waals surface area contributed by atoms with Gasteiger partial charge in [-0.05, 0) is 31.7 Å². The molecular formula is C18H20N6O2. The summed E-state index contributed by atoms with van der Waals surface area (Å²) in [5.41, 5.74) is 0.461. The maximum atomic E-state index is 12.6. The van der Waals surface area contributed by atoms with Crippen molar-refractivity contribution in [1.82, 2.24) is 29.9 Å². The van der Waals surface area contributed by atoms with Crippen LogP contribution in [-0.2, 0) is 18.4 Å². The Hall–Kier alpha value is -3.03. The standard InChI is InChI=1S/C18H20N6O2/c1-11-13-5-3-4-6-14(13)18(26)24(22-11)9-15(25)21-16(12-7-8-12)17-19-10-20-23(17)2/h3-6,10,12,16H,7-9H2,1-2H3,(H,21,25)/t16-/m1/s1. The molecule has 1 aliphatic carbocycles. The zero-order valence-corrected chi connectivity index (χ0v) is 14.7. The number of nitrogens with one attached hydrogen (secondary N) is 1. The van der Waals surface area contributed by atoms with Gasteiger partial charge in [-0.15, -0.1) is 0 Å². The second-order valence-corrected chi connectivity index (χ2v) is 6.72. The Balaban J connectivity index is 1.58. The molecule has 0 radical (unpaired) electrons. The van der Waals surface area contributed by atoms with Crippen molar-refractivity contribution in [2.24, 2.45) is 13.0 Å². The first kappa shape index (κ1) is 16.4. The third-order valence-corrected chi connectivity index (χ3v) is 4.78. The van der Waals surface area contributed by atoms with Crippen LogP contribution in [0.5, 0.6) is 0 Å². The normalized spacial score (nSPS) is 15.2. The minimum absolute atomic E-state index is 0.119. The highest BCUT2D eigenvalue weighted by Gasteiger charge is 2.36. The zero-order valence-electron chi connectivity index (χ0n) is 14.7. The maximum absolute atomic E-state index is 12.6. The van der Waals surface area contributed by atoms with Crippen molar-refractivity contribution < 1.29 is 4.79 Å². The number of aryl methyl sites for hydroxylation is 2. The average Bonchev–Trinajstić information content (AvgIpc) is 3.39. The van der Waals surface area contributed by atoms with Gasteiger partial charge in [-0.2, -0.15) is 10.2 Å². The Kier molecular flexibility index (Phi) is 4.02. The molecule has 1 fully saturated rings. The molecule has 4 rings (SSSR count). The number of hydrogen-bond donors (Lipinski definition) is 1. The molecule has 26 heavy (non-hydrogen) atoms. The first-order valence-corrected chi connectivity index (χ1v) is 8.64. The number of fused-ring (bicyclic) bond motifs is 1. The van der Waals surface area contributed by atoms with Crippen LogP contribution < -0.4 is 10.9 Å². The van der Waals surface area contributed by atoms with Gasteiger partial charge >= 0.3 is 0 Å². The van der Waals surface area contributed by atoms with Gasteiger partial charge < -0.3 is 5.32 Å². The zero-order chi connectivity index (χ0) is 18.3. The number of hydrogen-bond acceptors (Lipinski definition) is 5. The number of rotatable bonds is 5. The van der Waals surface area contributed by atoms with Crippen molar-refractivity contribution in [3.8, 4) is 0 Å². The minimum atomic E-state index is -0.261. The summed E-state index contributed by atoms with van der Waals surface area (Å²) in [4.78, 5) is 29.5. The predicted molar refractivity (Wildman–Crippen MR) is 95.4 cm³/mol. The summed E-state index contributed by atoms with van der Waals surface area (Å²) in [6.07, 6.45) is 3.58. The van der Waals surface area contributed by atoms with Gasteiger partial charge in [0.25, 0.3) is 5.56 Å². The van der Waals surface area contributed by atoms with Crippen LogP contribution in [0.15, 0.2) is 35.4 Å². The van der Waals surface area contributed by atoms with E-state index in [1.165, 1.54) is 11.0 Å². The molecule has 0 bridgehead atoms. The van der Waals surface area contributed by atoms with Crippen molar-refractivity contribution in [3.05, 3.63) is 52.5 Å². The van der Waals surface area contributed by atoms with Gasteiger partial charge in [-0.3, -0.25) is 14.3 Å². The summed E-state index contributed by atoms with van der Waals surface area (Å²) in [6.45, 7) is 1.72. The van der Waals surface area contributed by atoms with Crippen LogP contribution in [0.2, 0.25) is 0 Å². The molecule has 0 aliphatic heterocycles. The van der Waals surface area contributed by atoms with Gasteiger partial charge in [0, 0.05) is 12.4 Å². The number of aromatic nitrogens is 5. The number of carbonyl (C=O) groups is 1. The number of nitrogens with zero attached hydrogens (tertiary/aromatic N) is 5. The monoisotopic (exact) mass is 352 g/mol. The van der Waals surface area contributed by atoms with Crippen molar-refractivity contribution in [2.75, 3.05) is 0 Å². The lowest BCUT2D eigenvalue weighted by Crippen LogP contribution is -2.37. The van der Waals surface area contributed by atoms with E-state index >= 15 is 0 Å². The van der Waals surface area contributed by atoms with E-state index in [2.05, 4.69) is 20.5 Å². The summed E-state index contributed by atoms with van der Waals surface area (Å²) < 4.78 is 2.90. The summed E-state index contributed by atoms with van der Waals surface area (Å²) in [5.74, 6) is 0.843. The Bertz CT molecular complexity index is 1030. The van der Waals surface area contributed by atoms with Crippen LogP contribution in [0, 0.1) is 12.8 Å². The summed E-state index contributed by atoms with van der Waals surface area (Å²) in [7, 11) is 1.81. The highest BCUT2D eigenvalue weighted by atomic mass is 16.2. The van der Waals surface area contributed by atoms with E-state index in [0.29, 0.717) is 11.3 Å². The summed E-state index contributed by atoms with van der Waals surface area (Å²) >= 11 is 0. The summed E-state index contributed by atoms with van der Waals surface area (Å²) in [6, 6.07) is 7.11. The van der Waals surface area contributed by atoms with E-state index in [1.54, 1.807) is 10.7 Å².